The van der Waals surface area contributed by atoms with Gasteiger partial charge in [-0.1, -0.05) is 0 Å². The summed E-state index contributed by atoms with van der Waals surface area (Å²) in [6.07, 6.45) is 7.24. The standard InChI is InChI=1S/C24H26F2N4O4/c1-27-15-9-17(10-15)33-16-5-6-30-18(12-28-21(30)11-16)13-7-19(32-2)22(20(8-13)34-24(25)26)23(31)29-14-3-4-14/h5-8,11-12,14-15,17,24,27H,3-4,9-10H2,1-2H3,(H,29,31). The third-order valence-corrected chi connectivity index (χ3v) is 6.23. The van der Waals surface area contributed by atoms with Crippen molar-refractivity contribution in [3.05, 3.63) is 42.2 Å². The molecule has 0 bridgehead atoms. The largest absolute Gasteiger partial charge is 0.496 e. The van der Waals surface area contributed by atoms with Crippen LogP contribution in [-0.2, 0) is 0 Å². The van der Waals surface area contributed by atoms with Crippen molar-refractivity contribution in [1.82, 2.24) is 20.0 Å². The first-order valence-electron chi connectivity index (χ1n) is 11.2. The molecular weight excluding hydrogens is 446 g/mol. The van der Waals surface area contributed by atoms with Crippen molar-refractivity contribution in [1.29, 1.82) is 0 Å². The molecule has 2 fully saturated rings. The zero-order valence-corrected chi connectivity index (χ0v) is 18.9. The Kier molecular flexibility index (Phi) is 5.99. The Morgan fingerprint density at radius 2 is 1.94 bits per heavy atom. The molecule has 0 radical (unpaired) electrons. The van der Waals surface area contributed by atoms with Gasteiger partial charge in [0.1, 0.15) is 34.6 Å². The molecular formula is C24H26F2N4O4. The van der Waals surface area contributed by atoms with Gasteiger partial charge in [0.25, 0.3) is 5.91 Å². The molecule has 34 heavy (non-hydrogen) atoms. The fraction of sp³-hybridized carbons (Fsp3) is 0.417. The van der Waals surface area contributed by atoms with E-state index in [0.717, 1.165) is 31.4 Å². The van der Waals surface area contributed by atoms with Crippen molar-refractivity contribution < 1.29 is 27.8 Å². The number of benzene rings is 1. The number of rotatable bonds is 9. The van der Waals surface area contributed by atoms with E-state index < -0.39 is 12.5 Å². The minimum Gasteiger partial charge on any atom is -0.496 e. The van der Waals surface area contributed by atoms with E-state index in [-0.39, 0.29) is 29.2 Å². The molecule has 2 saturated carbocycles. The maximum absolute atomic E-state index is 13.2. The topological polar surface area (TPSA) is 86.1 Å². The lowest BCUT2D eigenvalue weighted by molar-refractivity contribution is -0.0502. The number of halogens is 2. The summed E-state index contributed by atoms with van der Waals surface area (Å²) in [5.74, 6) is 0.111. The summed E-state index contributed by atoms with van der Waals surface area (Å²) in [6.45, 7) is -3.09. The highest BCUT2D eigenvalue weighted by molar-refractivity contribution is 6.01. The van der Waals surface area contributed by atoms with Gasteiger partial charge in [0.15, 0.2) is 0 Å². The van der Waals surface area contributed by atoms with E-state index in [9.17, 15) is 13.6 Å². The summed E-state index contributed by atoms with van der Waals surface area (Å²) in [6, 6.07) is 7.25. The Balaban J connectivity index is 1.47. The van der Waals surface area contributed by atoms with Crippen molar-refractivity contribution in [3.63, 3.8) is 0 Å². The predicted molar refractivity (Wildman–Crippen MR) is 121 cm³/mol. The molecule has 8 nitrogen and oxygen atoms in total. The summed E-state index contributed by atoms with van der Waals surface area (Å²) in [4.78, 5) is 17.2. The first kappa shape index (κ1) is 22.4. The molecule has 180 valence electrons. The maximum Gasteiger partial charge on any atom is 0.387 e. The van der Waals surface area contributed by atoms with Crippen molar-refractivity contribution in [2.24, 2.45) is 0 Å². The Morgan fingerprint density at radius 3 is 2.62 bits per heavy atom. The second-order valence-corrected chi connectivity index (χ2v) is 8.61. The highest BCUT2D eigenvalue weighted by Crippen LogP contribution is 2.37. The molecule has 1 amide bonds. The van der Waals surface area contributed by atoms with Gasteiger partial charge in [-0.15, -0.1) is 0 Å². The lowest BCUT2D eigenvalue weighted by Gasteiger charge is -2.35. The zero-order chi connectivity index (χ0) is 23.8. The molecule has 2 heterocycles. The Hall–Kier alpha value is -3.40. The minimum absolute atomic E-state index is 0.0514. The number of hydrogen-bond acceptors (Lipinski definition) is 6. The van der Waals surface area contributed by atoms with E-state index in [2.05, 4.69) is 15.6 Å². The second-order valence-electron chi connectivity index (χ2n) is 8.61. The summed E-state index contributed by atoms with van der Waals surface area (Å²) in [5, 5.41) is 6.03. The van der Waals surface area contributed by atoms with Crippen LogP contribution in [-0.4, -0.2) is 54.2 Å². The lowest BCUT2D eigenvalue weighted by Crippen LogP contribution is -2.45. The maximum atomic E-state index is 13.2. The van der Waals surface area contributed by atoms with Crippen molar-refractivity contribution in [2.45, 2.75) is 50.5 Å². The van der Waals surface area contributed by atoms with Crippen LogP contribution < -0.4 is 24.8 Å². The van der Waals surface area contributed by atoms with E-state index >= 15 is 0 Å². The van der Waals surface area contributed by atoms with Crippen LogP contribution in [0.5, 0.6) is 17.2 Å². The van der Waals surface area contributed by atoms with Crippen molar-refractivity contribution in [3.8, 4) is 28.5 Å². The Bertz CT molecular complexity index is 1210. The number of carbonyl (C=O) groups is 1. The molecule has 0 unspecified atom stereocenters. The molecule has 2 aromatic heterocycles. The number of ether oxygens (including phenoxy) is 3. The molecule has 2 aliphatic carbocycles. The number of fused-ring (bicyclic) bond motifs is 1. The molecule has 1 aromatic carbocycles. The van der Waals surface area contributed by atoms with E-state index in [1.165, 1.54) is 13.2 Å². The van der Waals surface area contributed by atoms with Crippen LogP contribution in [0.1, 0.15) is 36.0 Å². The highest BCUT2D eigenvalue weighted by Gasteiger charge is 2.30. The Labute approximate surface area is 195 Å². The molecule has 0 saturated heterocycles. The molecule has 2 aliphatic rings. The van der Waals surface area contributed by atoms with Gasteiger partial charge in [-0.05, 0) is 50.9 Å². The average Bonchev–Trinajstić information content (AvgIpc) is 3.50. The summed E-state index contributed by atoms with van der Waals surface area (Å²) >= 11 is 0. The van der Waals surface area contributed by atoms with E-state index in [0.29, 0.717) is 22.9 Å². The van der Waals surface area contributed by atoms with Crippen LogP contribution in [0.15, 0.2) is 36.7 Å². The van der Waals surface area contributed by atoms with Gasteiger partial charge in [0.2, 0.25) is 0 Å². The summed E-state index contributed by atoms with van der Waals surface area (Å²) < 4.78 is 44.4. The number of imidazole rings is 1. The van der Waals surface area contributed by atoms with Crippen LogP contribution >= 0.6 is 0 Å². The average molecular weight is 472 g/mol. The van der Waals surface area contributed by atoms with Gasteiger partial charge in [-0.3, -0.25) is 9.20 Å². The first-order valence-corrected chi connectivity index (χ1v) is 11.2. The van der Waals surface area contributed by atoms with E-state index in [4.69, 9.17) is 14.2 Å². The molecule has 0 aliphatic heterocycles. The SMILES string of the molecule is CNC1CC(Oc2ccn3c(-c4cc(OC)c(C(=O)NC5CC5)c(OC(F)F)c4)cnc3c2)C1. The van der Waals surface area contributed by atoms with Gasteiger partial charge in [-0.2, -0.15) is 8.78 Å². The molecule has 0 spiro atoms. The fourth-order valence-electron chi connectivity index (χ4n) is 4.14. The van der Waals surface area contributed by atoms with Gasteiger partial charge >= 0.3 is 6.61 Å². The number of hydrogen-bond donors (Lipinski definition) is 2. The summed E-state index contributed by atoms with van der Waals surface area (Å²) in [7, 11) is 3.33. The first-order chi connectivity index (χ1) is 16.4. The smallest absolute Gasteiger partial charge is 0.387 e. The highest BCUT2D eigenvalue weighted by atomic mass is 19.3. The second kappa shape index (κ2) is 9.09. The number of carbonyl (C=O) groups excluding carboxylic acids is 1. The lowest BCUT2D eigenvalue weighted by atomic mass is 9.89. The number of pyridine rings is 1. The number of alkyl halides is 2. The van der Waals surface area contributed by atoms with Crippen molar-refractivity contribution >= 4 is 11.6 Å². The third-order valence-electron chi connectivity index (χ3n) is 6.23. The fourth-order valence-corrected chi connectivity index (χ4v) is 4.14. The van der Waals surface area contributed by atoms with Crippen LogP contribution in [0.3, 0.4) is 0 Å². The molecule has 10 heteroatoms. The summed E-state index contributed by atoms with van der Waals surface area (Å²) in [5.41, 5.74) is 1.74. The quantitative estimate of drug-likeness (QED) is 0.495. The van der Waals surface area contributed by atoms with Gasteiger partial charge in [-0.25, -0.2) is 4.98 Å². The molecule has 2 N–H and O–H groups in total. The number of nitrogens with one attached hydrogen (secondary N) is 2. The molecule has 5 rings (SSSR count). The predicted octanol–water partition coefficient (Wildman–Crippen LogP) is 3.63. The van der Waals surface area contributed by atoms with Crippen LogP contribution in [0.4, 0.5) is 8.78 Å². The number of methoxy groups -OCH3 is 1. The number of nitrogens with zero attached hydrogens (tertiary/aromatic N) is 2. The van der Waals surface area contributed by atoms with Crippen LogP contribution in [0.2, 0.25) is 0 Å². The monoisotopic (exact) mass is 472 g/mol. The minimum atomic E-state index is -3.09. The van der Waals surface area contributed by atoms with Gasteiger partial charge in [0.05, 0.1) is 19.0 Å². The van der Waals surface area contributed by atoms with Crippen molar-refractivity contribution in [2.75, 3.05) is 14.2 Å². The zero-order valence-electron chi connectivity index (χ0n) is 18.9. The number of aromatic nitrogens is 2. The van der Waals surface area contributed by atoms with E-state index in [1.54, 1.807) is 12.3 Å². The Morgan fingerprint density at radius 1 is 1.18 bits per heavy atom. The third kappa shape index (κ3) is 4.50. The van der Waals surface area contributed by atoms with Gasteiger partial charge in [0, 0.05) is 29.9 Å². The number of amides is 1. The normalized spacial score (nSPS) is 19.7. The van der Waals surface area contributed by atoms with Crippen LogP contribution in [0, 0.1) is 0 Å². The molecule has 0 atom stereocenters. The molecule has 3 aromatic rings. The van der Waals surface area contributed by atoms with Crippen LogP contribution in [0.25, 0.3) is 16.9 Å². The van der Waals surface area contributed by atoms with E-state index in [1.807, 2.05) is 29.8 Å². The van der Waals surface area contributed by atoms with Gasteiger partial charge < -0.3 is 24.8 Å².